The second-order valence-corrected chi connectivity index (χ2v) is 6.12. The monoisotopic (exact) mass is 346 g/mol. The highest BCUT2D eigenvalue weighted by atomic mass is 19.1. The van der Waals surface area contributed by atoms with E-state index in [9.17, 15) is 19.1 Å². The summed E-state index contributed by atoms with van der Waals surface area (Å²) in [5, 5.41) is 21.1. The maximum absolute atomic E-state index is 13.0. The fourth-order valence-corrected chi connectivity index (χ4v) is 2.30. The van der Waals surface area contributed by atoms with E-state index in [2.05, 4.69) is 5.32 Å². The largest absolute Gasteiger partial charge is 0.388 e. The van der Waals surface area contributed by atoms with E-state index in [4.69, 9.17) is 5.21 Å². The van der Waals surface area contributed by atoms with Gasteiger partial charge in [-0.05, 0) is 49.2 Å². The summed E-state index contributed by atoms with van der Waals surface area (Å²) in [4.78, 5) is 23.9. The lowest BCUT2D eigenvalue weighted by molar-refractivity contribution is -0.136. The molecule has 7 heteroatoms. The van der Waals surface area contributed by atoms with Crippen molar-refractivity contribution in [3.63, 3.8) is 0 Å². The van der Waals surface area contributed by atoms with Crippen LogP contribution < -0.4 is 10.8 Å². The lowest BCUT2D eigenvalue weighted by atomic mass is 9.97. The first-order valence-electron chi connectivity index (χ1n) is 7.55. The number of benzene rings is 2. The minimum atomic E-state index is -1.57. The molecule has 0 saturated carbocycles. The number of hydrogen-bond acceptors (Lipinski definition) is 4. The first-order chi connectivity index (χ1) is 11.7. The molecule has 132 valence electrons. The summed E-state index contributed by atoms with van der Waals surface area (Å²) in [6, 6.07) is 11.1. The minimum absolute atomic E-state index is 0.269. The highest BCUT2D eigenvalue weighted by Gasteiger charge is 2.34. The van der Waals surface area contributed by atoms with Crippen LogP contribution >= 0.6 is 0 Å². The number of carbonyl (C=O) groups is 2. The van der Waals surface area contributed by atoms with Crippen molar-refractivity contribution in [1.82, 2.24) is 10.8 Å². The Kier molecular flexibility index (Phi) is 5.51. The van der Waals surface area contributed by atoms with Crippen molar-refractivity contribution in [2.24, 2.45) is 0 Å². The molecule has 0 spiro atoms. The quantitative estimate of drug-likeness (QED) is 0.491. The van der Waals surface area contributed by atoms with E-state index in [1.54, 1.807) is 36.4 Å². The average Bonchev–Trinajstić information content (AvgIpc) is 2.58. The highest BCUT2D eigenvalue weighted by Crippen LogP contribution is 2.20. The molecule has 1 atom stereocenters. The second-order valence-electron chi connectivity index (χ2n) is 6.12. The molecule has 2 rings (SSSR count). The molecule has 0 radical (unpaired) electrons. The molecule has 0 saturated heterocycles. The van der Waals surface area contributed by atoms with Crippen molar-refractivity contribution >= 4 is 11.8 Å². The third-order valence-corrected chi connectivity index (χ3v) is 3.68. The van der Waals surface area contributed by atoms with E-state index in [-0.39, 0.29) is 11.4 Å². The molecule has 0 aliphatic rings. The van der Waals surface area contributed by atoms with Gasteiger partial charge in [-0.2, -0.15) is 0 Å². The van der Waals surface area contributed by atoms with Gasteiger partial charge in [-0.1, -0.05) is 24.3 Å². The van der Waals surface area contributed by atoms with Crippen molar-refractivity contribution in [3.05, 3.63) is 59.9 Å². The molecule has 0 fully saturated rings. The third-order valence-electron chi connectivity index (χ3n) is 3.68. The summed E-state index contributed by atoms with van der Waals surface area (Å²) >= 11 is 0. The zero-order valence-corrected chi connectivity index (χ0v) is 13.8. The summed E-state index contributed by atoms with van der Waals surface area (Å²) in [7, 11) is 0. The van der Waals surface area contributed by atoms with Crippen molar-refractivity contribution in [1.29, 1.82) is 0 Å². The van der Waals surface area contributed by atoms with Crippen LogP contribution in [0.25, 0.3) is 11.1 Å². The molecule has 2 aromatic rings. The lowest BCUT2D eigenvalue weighted by Crippen LogP contribution is -2.57. The zero-order valence-electron chi connectivity index (χ0n) is 13.8. The molecule has 2 amide bonds. The molecule has 25 heavy (non-hydrogen) atoms. The normalized spacial score (nSPS) is 12.4. The standard InChI is InChI=1S/C18H19FN2O4/c1-18(2,24)15(17(23)21-25)20-16(22)13-5-3-11(4-6-13)12-7-9-14(19)10-8-12/h3-10,15,24-25H,1-2H3,(H,20,22)(H,21,23)/t15-/m1/s1. The second kappa shape index (κ2) is 7.42. The SMILES string of the molecule is CC(C)(O)[C@H](NC(=O)c1ccc(-c2ccc(F)cc2)cc1)C(=O)NO. The molecule has 0 unspecified atom stereocenters. The van der Waals surface area contributed by atoms with E-state index in [1.165, 1.54) is 31.5 Å². The molecular weight excluding hydrogens is 327 g/mol. The average molecular weight is 346 g/mol. The summed E-state index contributed by atoms with van der Waals surface area (Å²) in [6.45, 7) is 2.68. The number of rotatable bonds is 5. The third kappa shape index (κ3) is 4.62. The molecule has 2 aromatic carbocycles. The number of aliphatic hydroxyl groups is 1. The Labute approximate surface area is 144 Å². The first-order valence-corrected chi connectivity index (χ1v) is 7.55. The number of hydroxylamine groups is 1. The van der Waals surface area contributed by atoms with Crippen LogP contribution in [-0.2, 0) is 4.79 Å². The predicted octanol–water partition coefficient (Wildman–Crippen LogP) is 1.87. The Bertz CT molecular complexity index is 752. The van der Waals surface area contributed by atoms with Crippen LogP contribution in [0.2, 0.25) is 0 Å². The van der Waals surface area contributed by atoms with Crippen molar-refractivity contribution in [2.75, 3.05) is 0 Å². The van der Waals surface area contributed by atoms with Gasteiger partial charge in [0.1, 0.15) is 11.9 Å². The summed E-state index contributed by atoms with van der Waals surface area (Å²) in [6.07, 6.45) is 0. The van der Waals surface area contributed by atoms with Crippen LogP contribution in [0.5, 0.6) is 0 Å². The van der Waals surface area contributed by atoms with Gasteiger partial charge in [0.2, 0.25) is 0 Å². The first kappa shape index (κ1) is 18.6. The highest BCUT2D eigenvalue weighted by molar-refractivity contribution is 5.98. The fourth-order valence-electron chi connectivity index (χ4n) is 2.30. The molecule has 6 nitrogen and oxygen atoms in total. The van der Waals surface area contributed by atoms with E-state index in [0.717, 1.165) is 11.1 Å². The van der Waals surface area contributed by atoms with Crippen molar-refractivity contribution in [2.45, 2.75) is 25.5 Å². The number of amides is 2. The van der Waals surface area contributed by atoms with Crippen molar-refractivity contribution in [3.8, 4) is 11.1 Å². The van der Waals surface area contributed by atoms with Gasteiger partial charge in [-0.15, -0.1) is 0 Å². The van der Waals surface area contributed by atoms with Gasteiger partial charge in [-0.3, -0.25) is 14.8 Å². The zero-order chi connectivity index (χ0) is 18.6. The Morgan fingerprint density at radius 1 is 1.00 bits per heavy atom. The maximum atomic E-state index is 13.0. The van der Waals surface area contributed by atoms with Gasteiger partial charge >= 0.3 is 0 Å². The lowest BCUT2D eigenvalue weighted by Gasteiger charge is -2.28. The van der Waals surface area contributed by atoms with Gasteiger partial charge in [-0.25, -0.2) is 9.87 Å². The van der Waals surface area contributed by atoms with Crippen LogP contribution in [0.3, 0.4) is 0 Å². The molecule has 4 N–H and O–H groups in total. The number of halogens is 1. The van der Waals surface area contributed by atoms with E-state index in [1.807, 2.05) is 0 Å². The van der Waals surface area contributed by atoms with Gasteiger partial charge in [0, 0.05) is 5.56 Å². The Hall–Kier alpha value is -2.77. The molecule has 0 heterocycles. The summed E-state index contributed by atoms with van der Waals surface area (Å²) in [5.41, 5.74) is 1.70. The van der Waals surface area contributed by atoms with Gasteiger partial charge in [0.05, 0.1) is 5.60 Å². The van der Waals surface area contributed by atoms with E-state index < -0.39 is 23.5 Å². The summed E-state index contributed by atoms with van der Waals surface area (Å²) in [5.74, 6) is -1.84. The summed E-state index contributed by atoms with van der Waals surface area (Å²) < 4.78 is 13.0. The Balaban J connectivity index is 2.17. The molecule has 0 bridgehead atoms. The maximum Gasteiger partial charge on any atom is 0.268 e. The molecule has 0 aliphatic heterocycles. The van der Waals surface area contributed by atoms with Gasteiger partial charge in [0.25, 0.3) is 11.8 Å². The Morgan fingerprint density at radius 3 is 1.92 bits per heavy atom. The minimum Gasteiger partial charge on any atom is -0.388 e. The van der Waals surface area contributed by atoms with Crippen LogP contribution in [0.1, 0.15) is 24.2 Å². The van der Waals surface area contributed by atoms with Gasteiger partial charge in [0.15, 0.2) is 0 Å². The Morgan fingerprint density at radius 2 is 1.48 bits per heavy atom. The molecule has 0 aromatic heterocycles. The van der Waals surface area contributed by atoms with E-state index >= 15 is 0 Å². The van der Waals surface area contributed by atoms with Crippen LogP contribution in [0.4, 0.5) is 4.39 Å². The number of hydrogen-bond donors (Lipinski definition) is 4. The topological polar surface area (TPSA) is 98.7 Å². The van der Waals surface area contributed by atoms with Crippen LogP contribution in [0.15, 0.2) is 48.5 Å². The van der Waals surface area contributed by atoms with Crippen LogP contribution in [-0.4, -0.2) is 33.8 Å². The molecule has 0 aliphatic carbocycles. The smallest absolute Gasteiger partial charge is 0.268 e. The fraction of sp³-hybridized carbons (Fsp3) is 0.222. The number of nitrogens with one attached hydrogen (secondary N) is 2. The predicted molar refractivity (Wildman–Crippen MR) is 89.3 cm³/mol. The van der Waals surface area contributed by atoms with Crippen molar-refractivity contribution < 1.29 is 24.3 Å². The van der Waals surface area contributed by atoms with Crippen LogP contribution in [0, 0.1) is 5.82 Å². The van der Waals surface area contributed by atoms with Gasteiger partial charge < -0.3 is 10.4 Å². The van der Waals surface area contributed by atoms with E-state index in [0.29, 0.717) is 0 Å². The number of carbonyl (C=O) groups excluding carboxylic acids is 2. The molecular formula is C18H19FN2O4.